The molecule has 0 aliphatic heterocycles. The number of aryl methyl sites for hydroxylation is 2. The van der Waals surface area contributed by atoms with Crippen LogP contribution >= 0.6 is 0 Å². The van der Waals surface area contributed by atoms with Gasteiger partial charge in [-0.15, -0.1) is 0 Å². The minimum absolute atomic E-state index is 0.662. The fourth-order valence-electron chi connectivity index (χ4n) is 2.61. The van der Waals surface area contributed by atoms with Crippen LogP contribution in [0, 0.1) is 12.8 Å². The molecule has 1 rings (SSSR count). The van der Waals surface area contributed by atoms with Crippen molar-refractivity contribution in [3.8, 4) is 0 Å². The normalized spacial score (nSPS) is 12.9. The summed E-state index contributed by atoms with van der Waals surface area (Å²) >= 11 is 0. The molecule has 1 nitrogen and oxygen atoms in total. The summed E-state index contributed by atoms with van der Waals surface area (Å²) in [7, 11) is 2.10. The second kappa shape index (κ2) is 8.31. The average Bonchev–Trinajstić information content (AvgIpc) is 2.39. The molecule has 0 bridgehead atoms. The van der Waals surface area contributed by atoms with Crippen LogP contribution in [0.4, 0.5) is 0 Å². The quantitative estimate of drug-likeness (QED) is 0.720. The van der Waals surface area contributed by atoms with Crippen LogP contribution in [0.2, 0.25) is 0 Å². The molecular formula is C17H29N. The van der Waals surface area contributed by atoms with Crippen molar-refractivity contribution in [1.29, 1.82) is 0 Å². The highest BCUT2D eigenvalue weighted by molar-refractivity contribution is 5.22. The Morgan fingerprint density at radius 2 is 1.89 bits per heavy atom. The van der Waals surface area contributed by atoms with E-state index in [9.17, 15) is 0 Å². The molecular weight excluding hydrogens is 218 g/mol. The molecule has 0 radical (unpaired) electrons. The smallest absolute Gasteiger partial charge is 0.00698 e. The molecule has 1 aromatic carbocycles. The van der Waals surface area contributed by atoms with Gasteiger partial charge in [-0.25, -0.2) is 0 Å². The fourth-order valence-corrected chi connectivity index (χ4v) is 2.61. The lowest BCUT2D eigenvalue weighted by Crippen LogP contribution is -2.28. The van der Waals surface area contributed by atoms with Gasteiger partial charge in [0.15, 0.2) is 0 Å². The van der Waals surface area contributed by atoms with Crippen LogP contribution < -0.4 is 5.32 Å². The van der Waals surface area contributed by atoms with Gasteiger partial charge in [0.25, 0.3) is 0 Å². The van der Waals surface area contributed by atoms with Gasteiger partial charge in [-0.1, -0.05) is 56.5 Å². The Labute approximate surface area is 113 Å². The molecule has 1 aromatic rings. The van der Waals surface area contributed by atoms with Gasteiger partial charge in [-0.3, -0.25) is 0 Å². The molecule has 0 spiro atoms. The van der Waals surface area contributed by atoms with Crippen molar-refractivity contribution < 1.29 is 0 Å². The lowest BCUT2D eigenvalue weighted by molar-refractivity contribution is 0.366. The fraction of sp³-hybridized carbons (Fsp3) is 0.647. The summed E-state index contributed by atoms with van der Waals surface area (Å²) < 4.78 is 0. The van der Waals surface area contributed by atoms with Crippen molar-refractivity contribution in [3.63, 3.8) is 0 Å². The summed E-state index contributed by atoms with van der Waals surface area (Å²) in [5, 5.41) is 3.49. The first-order valence-corrected chi connectivity index (χ1v) is 7.42. The molecule has 1 atom stereocenters. The second-order valence-electron chi connectivity index (χ2n) is 5.43. The van der Waals surface area contributed by atoms with Gasteiger partial charge in [-0.2, -0.15) is 0 Å². The average molecular weight is 247 g/mol. The zero-order chi connectivity index (χ0) is 13.4. The van der Waals surface area contributed by atoms with Crippen molar-refractivity contribution in [3.05, 3.63) is 35.4 Å². The largest absolute Gasteiger partial charge is 0.317 e. The van der Waals surface area contributed by atoms with E-state index in [0.717, 1.165) is 5.92 Å². The minimum atomic E-state index is 0.662. The number of rotatable bonds is 8. The molecule has 0 saturated carbocycles. The molecule has 0 aliphatic rings. The highest BCUT2D eigenvalue weighted by atomic mass is 14.9. The zero-order valence-corrected chi connectivity index (χ0v) is 12.5. The van der Waals surface area contributed by atoms with Gasteiger partial charge in [0, 0.05) is 6.04 Å². The first-order chi connectivity index (χ1) is 8.69. The summed E-state index contributed by atoms with van der Waals surface area (Å²) in [6, 6.07) is 9.56. The third-order valence-electron chi connectivity index (χ3n) is 4.04. The molecule has 0 aromatic heterocycles. The van der Waals surface area contributed by atoms with Crippen LogP contribution in [0.15, 0.2) is 24.3 Å². The van der Waals surface area contributed by atoms with Crippen LogP contribution in [-0.4, -0.2) is 13.1 Å². The lowest BCUT2D eigenvalue weighted by Gasteiger charge is -2.21. The standard InChI is InChI=1S/C17H29N/c1-5-15(6-2)13-17(18-4)11-10-16-9-7-8-14(3)12-16/h7-9,12,15,17-18H,5-6,10-11,13H2,1-4H3. The number of benzene rings is 1. The maximum Gasteiger partial charge on any atom is 0.00698 e. The number of nitrogens with one attached hydrogen (secondary N) is 1. The summed E-state index contributed by atoms with van der Waals surface area (Å²) in [6.07, 6.45) is 6.36. The predicted octanol–water partition coefficient (Wildman–Crippen LogP) is 4.34. The molecule has 1 N–H and O–H groups in total. The topological polar surface area (TPSA) is 12.0 Å². The van der Waals surface area contributed by atoms with Crippen LogP contribution in [0.25, 0.3) is 0 Å². The summed E-state index contributed by atoms with van der Waals surface area (Å²) in [6.45, 7) is 6.78. The first-order valence-electron chi connectivity index (χ1n) is 7.42. The molecule has 102 valence electrons. The van der Waals surface area contributed by atoms with Gasteiger partial charge in [-0.05, 0) is 44.7 Å². The van der Waals surface area contributed by atoms with E-state index in [2.05, 4.69) is 57.4 Å². The molecule has 0 amide bonds. The highest BCUT2D eigenvalue weighted by Gasteiger charge is 2.12. The van der Waals surface area contributed by atoms with E-state index in [0.29, 0.717) is 6.04 Å². The first kappa shape index (κ1) is 15.2. The zero-order valence-electron chi connectivity index (χ0n) is 12.5. The summed E-state index contributed by atoms with van der Waals surface area (Å²) in [5.74, 6) is 0.875. The minimum Gasteiger partial charge on any atom is -0.317 e. The summed E-state index contributed by atoms with van der Waals surface area (Å²) in [4.78, 5) is 0. The third kappa shape index (κ3) is 5.22. The van der Waals surface area contributed by atoms with E-state index in [1.54, 1.807) is 0 Å². The van der Waals surface area contributed by atoms with E-state index in [1.807, 2.05) is 0 Å². The number of hydrogen-bond donors (Lipinski definition) is 1. The molecule has 1 heteroatoms. The molecule has 0 aliphatic carbocycles. The SMILES string of the molecule is CCC(CC)CC(CCc1cccc(C)c1)NC. The molecule has 18 heavy (non-hydrogen) atoms. The molecule has 0 fully saturated rings. The highest BCUT2D eigenvalue weighted by Crippen LogP contribution is 2.18. The van der Waals surface area contributed by atoms with Crippen molar-refractivity contribution in [1.82, 2.24) is 5.32 Å². The van der Waals surface area contributed by atoms with E-state index in [-0.39, 0.29) is 0 Å². The van der Waals surface area contributed by atoms with E-state index in [4.69, 9.17) is 0 Å². The lowest BCUT2D eigenvalue weighted by atomic mass is 9.91. The van der Waals surface area contributed by atoms with Crippen molar-refractivity contribution >= 4 is 0 Å². The van der Waals surface area contributed by atoms with Crippen molar-refractivity contribution in [2.45, 2.75) is 58.9 Å². The predicted molar refractivity (Wildman–Crippen MR) is 81.0 cm³/mol. The van der Waals surface area contributed by atoms with Crippen LogP contribution in [0.1, 0.15) is 50.7 Å². The van der Waals surface area contributed by atoms with E-state index in [1.165, 1.54) is 43.2 Å². The third-order valence-corrected chi connectivity index (χ3v) is 4.04. The van der Waals surface area contributed by atoms with E-state index < -0.39 is 0 Å². The van der Waals surface area contributed by atoms with Gasteiger partial charge in [0.05, 0.1) is 0 Å². The Morgan fingerprint density at radius 3 is 2.44 bits per heavy atom. The Morgan fingerprint density at radius 1 is 1.17 bits per heavy atom. The monoisotopic (exact) mass is 247 g/mol. The molecule has 0 heterocycles. The van der Waals surface area contributed by atoms with Gasteiger partial charge in [0.1, 0.15) is 0 Å². The Balaban J connectivity index is 2.44. The van der Waals surface area contributed by atoms with Gasteiger partial charge in [0.2, 0.25) is 0 Å². The van der Waals surface area contributed by atoms with Crippen LogP contribution in [0.5, 0.6) is 0 Å². The Hall–Kier alpha value is -0.820. The maximum atomic E-state index is 3.49. The number of hydrogen-bond acceptors (Lipinski definition) is 1. The van der Waals surface area contributed by atoms with Crippen LogP contribution in [-0.2, 0) is 6.42 Å². The Bertz CT molecular complexity index is 328. The van der Waals surface area contributed by atoms with Crippen molar-refractivity contribution in [2.24, 2.45) is 5.92 Å². The van der Waals surface area contributed by atoms with Gasteiger partial charge < -0.3 is 5.32 Å². The van der Waals surface area contributed by atoms with Crippen LogP contribution in [0.3, 0.4) is 0 Å². The molecule has 0 saturated heterocycles. The second-order valence-corrected chi connectivity index (χ2v) is 5.43. The molecule has 1 unspecified atom stereocenters. The Kier molecular flexibility index (Phi) is 7.04. The summed E-state index contributed by atoms with van der Waals surface area (Å²) in [5.41, 5.74) is 2.84. The maximum absolute atomic E-state index is 3.49. The van der Waals surface area contributed by atoms with Gasteiger partial charge >= 0.3 is 0 Å². The van der Waals surface area contributed by atoms with Crippen molar-refractivity contribution in [2.75, 3.05) is 7.05 Å². The van der Waals surface area contributed by atoms with E-state index >= 15 is 0 Å².